The average Bonchev–Trinajstić information content (AvgIpc) is 0.749. The molecule has 141 heavy (non-hydrogen) atoms. The molecule has 0 bridgehead atoms. The molecule has 7 heterocycles. The molecule has 0 aromatic rings. The van der Waals surface area contributed by atoms with Crippen molar-refractivity contribution in [3.05, 3.63) is 24.3 Å². The smallest absolute Gasteiger partial charge is 0.364 e. The number of rotatable bonds is 65. The Balaban J connectivity index is 1.14. The largest absolute Gasteiger partial charge is 0.477 e. The number of unbranched alkanes of at least 4 members (excludes halogenated alkanes) is 28. The minimum Gasteiger partial charge on any atom is -0.477 e. The summed E-state index contributed by atoms with van der Waals surface area (Å²) in [4.78, 5) is 79.4. The predicted molar refractivity (Wildman–Crippen MR) is 494 cm³/mol. The van der Waals surface area contributed by atoms with E-state index in [1.807, 2.05) is 0 Å². The van der Waals surface area contributed by atoms with Gasteiger partial charge in [0.2, 0.25) is 29.5 Å². The molecular weight excluding hydrogens is 1870 g/mol. The quantitative estimate of drug-likeness (QED) is 0.0213. The van der Waals surface area contributed by atoms with Crippen molar-refractivity contribution in [2.75, 3.05) is 52.9 Å². The van der Waals surface area contributed by atoms with Crippen molar-refractivity contribution in [2.24, 2.45) is 0 Å². The van der Waals surface area contributed by atoms with E-state index in [9.17, 15) is 136 Å². The fourth-order valence-corrected chi connectivity index (χ4v) is 18.9. The number of allylic oxidation sites excluding steroid dienone is 3. The van der Waals surface area contributed by atoms with Crippen LogP contribution < -0.4 is 26.6 Å². The van der Waals surface area contributed by atoms with Crippen LogP contribution in [0.5, 0.6) is 0 Å². The fourth-order valence-electron chi connectivity index (χ4n) is 18.9. The zero-order valence-electron chi connectivity index (χ0n) is 82.2. The van der Waals surface area contributed by atoms with E-state index in [4.69, 9.17) is 66.3 Å². The Labute approximate surface area is 824 Å². The standard InChI is InChI=1S/C95H167N5O41/c1-7-9-11-13-15-17-19-21-22-23-24-25-26-27-28-30-32-34-36-38-40-42-66(115)100-56(57(112)41-39-37-35-33-31-29-20-18-16-14-12-10-8-2)51-128-91-78(123)77(122)82(63(48-105)132-91)136-92-79(124)86(83(64(49-106)133-92)137-88-68(97-53(4)109)74(119)72(117)60(45-102)129-88)139-90-70(99-55(6)111)76(121)81(62(47-104)131-90)135-93-80(125)87(84(65(50-107)134-93)138-89-69(98-54(5)110)75(120)73(118)61(46-103)130-89)141-95(94(126)127)43-58(113)67(96-52(3)108)85(140-95)71(116)59(114)44-101/h21-22,39,41,56-65,67-93,101-107,112-114,116-125H,7-20,23-38,40,42-51H2,1-6H3,(H,96,108)(H,97,109)(H,98,110)(H,99,111)(H,100,115)(H,126,127)/b22-21-,41-39+/t56-,57+,58?,59+,60?,61?,62?,63?,64?,65?,67+,68?,69?,70?,71+,72-,73-,74+,75+,76+,77+,78?,79?,80?,81+,82+,83-,84-,85?,86+,87+,88-,89-,90-,91+,92-,93-,95-/m0/s1. The SMILES string of the molecule is CCCCCCCC/C=C\CCCCCCCCCCCCCC(=O)N[C@@H](CO[C@@H]1OC(CO)[C@@H](O[C@@H]2OC(CO)[C@H](O[C@@H]3OC(CO)[C@H](O)[C@H](O)C3NC(C)=O)[C@H](O[C@@H]3OC(CO)[C@@H](O[C@@H]4OC(CO)[C@H](O[C@@H]5OC(CO)[C@H](O)[C@H](O)C5NC(C)=O)[C@H](O[C@]5(C(=O)O)CC(O)[C@@H](NC(C)=O)C([C@H](O)[C@H](O)CO)O5)C4O)[C@H](O)C3NC(C)=O)C2O)[C@H](O)C1O)[C@H](O)/C=C/CCCCCCCCCCCCC. The van der Waals surface area contributed by atoms with Crippen LogP contribution in [-0.2, 0) is 95.1 Å². The van der Waals surface area contributed by atoms with E-state index in [1.165, 1.54) is 115 Å². The van der Waals surface area contributed by atoms with Gasteiger partial charge in [-0.25, -0.2) is 4.79 Å². The number of aliphatic carboxylic acids is 1. The maximum atomic E-state index is 13.9. The third-order valence-corrected chi connectivity index (χ3v) is 26.8. The summed E-state index contributed by atoms with van der Waals surface area (Å²) in [5.74, 6) is -9.80. The molecule has 7 rings (SSSR count). The van der Waals surface area contributed by atoms with E-state index in [2.05, 4.69) is 52.6 Å². The van der Waals surface area contributed by atoms with E-state index < -0.39 is 327 Å². The lowest BCUT2D eigenvalue weighted by Crippen LogP contribution is -2.72. The third kappa shape index (κ3) is 37.3. The summed E-state index contributed by atoms with van der Waals surface area (Å²) in [5.41, 5.74) is 0. The Kier molecular flexibility index (Phi) is 56.1. The number of hydrogen-bond acceptors (Lipinski definition) is 40. The molecule has 0 aromatic heterocycles. The number of ether oxygens (including phenoxy) is 14. The van der Waals surface area contributed by atoms with Gasteiger partial charge in [-0.3, -0.25) is 24.0 Å². The lowest BCUT2D eigenvalue weighted by molar-refractivity contribution is -0.404. The Morgan fingerprint density at radius 1 is 0.369 bits per heavy atom. The molecule has 7 fully saturated rings. The summed E-state index contributed by atoms with van der Waals surface area (Å²) in [6.07, 6.45) is -27.2. The van der Waals surface area contributed by atoms with Gasteiger partial charge in [0, 0.05) is 40.5 Å². The molecule has 46 heteroatoms. The van der Waals surface area contributed by atoms with Crippen LogP contribution in [0.15, 0.2) is 24.3 Å². The van der Waals surface area contributed by atoms with Crippen molar-refractivity contribution < 1.29 is 202 Å². The fraction of sp³-hybridized carbons (Fsp3) is 0.895. The van der Waals surface area contributed by atoms with Crippen LogP contribution in [0.25, 0.3) is 0 Å². The summed E-state index contributed by atoms with van der Waals surface area (Å²) in [6.45, 7) is -0.560. The molecule has 818 valence electrons. The van der Waals surface area contributed by atoms with Gasteiger partial charge in [-0.15, -0.1) is 0 Å². The number of hydrogen-bond donors (Lipinski definition) is 26. The maximum absolute atomic E-state index is 13.9. The monoisotopic (exact) mass is 2030 g/mol. The molecule has 0 aliphatic carbocycles. The molecule has 26 N–H and O–H groups in total. The number of carbonyl (C=O) groups is 6. The minimum atomic E-state index is -3.46. The van der Waals surface area contributed by atoms with Gasteiger partial charge >= 0.3 is 5.97 Å². The first-order chi connectivity index (χ1) is 67.5. The molecule has 0 radical (unpaired) electrons. The van der Waals surface area contributed by atoms with Gasteiger partial charge in [0.15, 0.2) is 37.7 Å². The van der Waals surface area contributed by atoms with Gasteiger partial charge < -0.3 is 200 Å². The van der Waals surface area contributed by atoms with Crippen LogP contribution in [0.2, 0.25) is 0 Å². The van der Waals surface area contributed by atoms with E-state index in [0.29, 0.717) is 12.8 Å². The van der Waals surface area contributed by atoms with Crippen molar-refractivity contribution in [2.45, 2.75) is 486 Å². The van der Waals surface area contributed by atoms with Crippen molar-refractivity contribution in [1.29, 1.82) is 0 Å². The maximum Gasteiger partial charge on any atom is 0.364 e. The molecule has 0 spiro atoms. The van der Waals surface area contributed by atoms with E-state index in [0.717, 1.165) is 105 Å². The summed E-state index contributed by atoms with van der Waals surface area (Å²) in [7, 11) is 0. The van der Waals surface area contributed by atoms with Crippen molar-refractivity contribution in [3.8, 4) is 0 Å². The van der Waals surface area contributed by atoms with Gasteiger partial charge in [-0.2, -0.15) is 0 Å². The van der Waals surface area contributed by atoms with Crippen molar-refractivity contribution >= 4 is 35.5 Å². The van der Waals surface area contributed by atoms with Crippen LogP contribution in [0.1, 0.15) is 253 Å². The molecule has 46 nitrogen and oxygen atoms in total. The highest BCUT2D eigenvalue weighted by Crippen LogP contribution is 2.43. The second-order valence-corrected chi connectivity index (χ2v) is 38.1. The zero-order chi connectivity index (χ0) is 104. The van der Waals surface area contributed by atoms with Gasteiger partial charge in [0.25, 0.3) is 5.79 Å². The van der Waals surface area contributed by atoms with Crippen LogP contribution in [0, 0.1) is 0 Å². The van der Waals surface area contributed by atoms with Crippen LogP contribution in [-0.4, -0.2) is 428 Å². The highest BCUT2D eigenvalue weighted by Gasteiger charge is 2.64. The van der Waals surface area contributed by atoms with Crippen LogP contribution in [0.4, 0.5) is 0 Å². The van der Waals surface area contributed by atoms with E-state index in [-0.39, 0.29) is 6.42 Å². The van der Waals surface area contributed by atoms with Crippen molar-refractivity contribution in [1.82, 2.24) is 26.6 Å². The molecule has 7 saturated heterocycles. The molecule has 14 unspecified atom stereocenters. The second kappa shape index (κ2) is 64.4. The molecule has 38 atom stereocenters. The van der Waals surface area contributed by atoms with Gasteiger partial charge in [-0.05, 0) is 44.9 Å². The highest BCUT2D eigenvalue weighted by molar-refractivity contribution is 5.77. The Morgan fingerprint density at radius 2 is 0.709 bits per heavy atom. The molecule has 7 aliphatic heterocycles. The minimum absolute atomic E-state index is 0.106. The number of carboxylic acids is 1. The predicted octanol–water partition coefficient (Wildman–Crippen LogP) is -2.99. The van der Waals surface area contributed by atoms with Crippen molar-refractivity contribution in [3.63, 3.8) is 0 Å². The Bertz CT molecular complexity index is 3600. The molecule has 0 aromatic carbocycles. The molecule has 5 amide bonds. The summed E-state index contributed by atoms with van der Waals surface area (Å²) in [5, 5.41) is 252. The lowest BCUT2D eigenvalue weighted by Gasteiger charge is -2.53. The van der Waals surface area contributed by atoms with Crippen LogP contribution in [0.3, 0.4) is 0 Å². The van der Waals surface area contributed by atoms with Gasteiger partial charge in [0.05, 0.1) is 77.1 Å². The number of carboxylic acid groups (broad SMARTS) is 1. The molecular formula is C95H167N5O41. The van der Waals surface area contributed by atoms with Crippen LogP contribution >= 0.6 is 0 Å². The Morgan fingerprint density at radius 3 is 1.12 bits per heavy atom. The van der Waals surface area contributed by atoms with E-state index in [1.54, 1.807) is 6.08 Å². The number of amides is 5. The highest BCUT2D eigenvalue weighted by atomic mass is 16.8. The number of carbonyl (C=O) groups excluding carboxylic acids is 5. The average molecular weight is 2040 g/mol. The number of aliphatic hydroxyl groups excluding tert-OH is 20. The second-order valence-electron chi connectivity index (χ2n) is 38.1. The zero-order valence-corrected chi connectivity index (χ0v) is 82.2. The number of nitrogens with one attached hydrogen (secondary N) is 5. The van der Waals surface area contributed by atoms with Gasteiger partial charge in [-0.1, -0.05) is 192 Å². The molecule has 7 aliphatic rings. The first kappa shape index (κ1) is 123. The lowest BCUT2D eigenvalue weighted by atomic mass is 9.88. The summed E-state index contributed by atoms with van der Waals surface area (Å²) >= 11 is 0. The van der Waals surface area contributed by atoms with E-state index >= 15 is 0 Å². The third-order valence-electron chi connectivity index (χ3n) is 26.8. The molecule has 0 saturated carbocycles. The first-order valence-electron chi connectivity index (χ1n) is 50.7. The topological polar surface area (TPSA) is 717 Å². The Hall–Kier alpha value is -5.06. The van der Waals surface area contributed by atoms with Gasteiger partial charge in [0.1, 0.15) is 165 Å². The first-order valence-corrected chi connectivity index (χ1v) is 50.7. The normalized spacial score (nSPS) is 35.7. The summed E-state index contributed by atoms with van der Waals surface area (Å²) in [6, 6.07) is -8.80. The number of aliphatic hydroxyl groups is 20. The summed E-state index contributed by atoms with van der Waals surface area (Å²) < 4.78 is 86.1.